The first-order chi connectivity index (χ1) is 24.5. The number of alkyl carbamates (subject to hydrolysis) is 1. The summed E-state index contributed by atoms with van der Waals surface area (Å²) in [7, 11) is 0. The Morgan fingerprint density at radius 1 is 0.882 bits per heavy atom. The molecule has 1 unspecified atom stereocenters. The summed E-state index contributed by atoms with van der Waals surface area (Å²) in [5, 5.41) is 5.40. The Hall–Kier alpha value is -3.81. The highest BCUT2D eigenvalue weighted by Crippen LogP contribution is 2.34. The van der Waals surface area contributed by atoms with Gasteiger partial charge < -0.3 is 24.8 Å². The monoisotopic (exact) mass is 719 g/mol. The summed E-state index contributed by atoms with van der Waals surface area (Å²) < 4.78 is 7.81. The highest BCUT2D eigenvalue weighted by molar-refractivity contribution is 7.97. The molecule has 1 atom stereocenters. The Balaban J connectivity index is 0.00000220. The molecule has 5 aliphatic heterocycles. The van der Waals surface area contributed by atoms with Crippen molar-refractivity contribution in [1.82, 2.24) is 24.7 Å². The van der Waals surface area contributed by atoms with Crippen LogP contribution in [0.15, 0.2) is 47.4 Å². The Labute approximate surface area is 306 Å². The molecular formula is C38H53N7O5S. The summed E-state index contributed by atoms with van der Waals surface area (Å²) in [5.41, 5.74) is 3.49. The molecule has 5 heterocycles. The molecule has 0 aromatic heterocycles. The van der Waals surface area contributed by atoms with Crippen molar-refractivity contribution in [1.29, 1.82) is 0 Å². The maximum atomic E-state index is 13.1. The molecule has 13 heteroatoms. The molecule has 51 heavy (non-hydrogen) atoms. The van der Waals surface area contributed by atoms with Gasteiger partial charge in [0.05, 0.1) is 0 Å². The van der Waals surface area contributed by atoms with Gasteiger partial charge >= 0.3 is 6.09 Å². The number of hydrogen-bond donors (Lipinski definition) is 2. The lowest BCUT2D eigenvalue weighted by molar-refractivity contribution is -0.136. The number of ether oxygens (including phenoxy) is 1. The summed E-state index contributed by atoms with van der Waals surface area (Å²) in [5.74, 6) is -0.780. The molecule has 0 bridgehead atoms. The van der Waals surface area contributed by atoms with Gasteiger partial charge in [0.15, 0.2) is 0 Å². The van der Waals surface area contributed by atoms with Crippen LogP contribution in [0, 0.1) is 0 Å². The van der Waals surface area contributed by atoms with Gasteiger partial charge in [-0.1, -0.05) is 19.9 Å². The Bertz CT molecular complexity index is 1590. The van der Waals surface area contributed by atoms with Crippen LogP contribution in [0.25, 0.3) is 0 Å². The molecule has 2 N–H and O–H groups in total. The van der Waals surface area contributed by atoms with Crippen molar-refractivity contribution in [2.75, 3.05) is 62.2 Å². The summed E-state index contributed by atoms with van der Waals surface area (Å²) in [6, 6.07) is 14.9. The predicted molar refractivity (Wildman–Crippen MR) is 200 cm³/mol. The van der Waals surface area contributed by atoms with E-state index < -0.39 is 11.6 Å². The molecule has 2 aromatic rings. The number of imide groups is 1. The van der Waals surface area contributed by atoms with E-state index in [-0.39, 0.29) is 36.3 Å². The van der Waals surface area contributed by atoms with Gasteiger partial charge in [0.1, 0.15) is 11.6 Å². The minimum Gasteiger partial charge on any atom is -0.444 e. The van der Waals surface area contributed by atoms with Crippen LogP contribution in [0.2, 0.25) is 0 Å². The second kappa shape index (κ2) is 15.8. The smallest absolute Gasteiger partial charge is 0.407 e. The Morgan fingerprint density at radius 2 is 1.59 bits per heavy atom. The number of carbonyl (C=O) groups is 4. The van der Waals surface area contributed by atoms with E-state index in [0.29, 0.717) is 24.6 Å². The predicted octanol–water partition coefficient (Wildman–Crippen LogP) is 4.48. The van der Waals surface area contributed by atoms with E-state index >= 15 is 0 Å². The lowest BCUT2D eigenvalue weighted by Crippen LogP contribution is -2.63. The number of hydrogen-bond acceptors (Lipinski definition) is 10. The molecule has 2 aromatic carbocycles. The fourth-order valence-corrected chi connectivity index (χ4v) is 8.46. The number of fused-ring (bicyclic) bond motifs is 1. The highest BCUT2D eigenvalue weighted by atomic mass is 32.2. The second-order valence-corrected chi connectivity index (χ2v) is 15.9. The fourth-order valence-electron chi connectivity index (χ4n) is 7.45. The van der Waals surface area contributed by atoms with E-state index in [1.54, 1.807) is 16.8 Å². The number of rotatable bonds is 7. The van der Waals surface area contributed by atoms with Crippen molar-refractivity contribution < 1.29 is 23.9 Å². The first-order valence-corrected chi connectivity index (χ1v) is 19.3. The molecule has 0 spiro atoms. The van der Waals surface area contributed by atoms with Crippen molar-refractivity contribution in [2.45, 2.75) is 95.5 Å². The Kier molecular flexibility index (Phi) is 11.5. The van der Waals surface area contributed by atoms with Crippen LogP contribution in [-0.4, -0.2) is 114 Å². The number of piperazine rings is 1. The van der Waals surface area contributed by atoms with Crippen molar-refractivity contribution in [3.05, 3.63) is 53.6 Å². The first kappa shape index (κ1) is 37.0. The number of amides is 4. The third-order valence-electron chi connectivity index (χ3n) is 10.2. The maximum absolute atomic E-state index is 13.1. The van der Waals surface area contributed by atoms with E-state index in [9.17, 15) is 19.2 Å². The van der Waals surface area contributed by atoms with Gasteiger partial charge in [-0.3, -0.25) is 24.6 Å². The zero-order valence-electron chi connectivity index (χ0n) is 30.7. The summed E-state index contributed by atoms with van der Waals surface area (Å²) >= 11 is 1.80. The van der Waals surface area contributed by atoms with Crippen LogP contribution in [0.4, 0.5) is 16.2 Å². The molecule has 4 saturated heterocycles. The van der Waals surface area contributed by atoms with Crippen molar-refractivity contribution in [3.8, 4) is 0 Å². The van der Waals surface area contributed by atoms with E-state index in [1.807, 2.05) is 46.8 Å². The van der Waals surface area contributed by atoms with Gasteiger partial charge in [-0.05, 0) is 93.9 Å². The maximum Gasteiger partial charge on any atom is 0.407 e. The molecule has 7 rings (SSSR count). The number of nitrogens with one attached hydrogen (secondary N) is 2. The van der Waals surface area contributed by atoms with Crippen molar-refractivity contribution in [3.63, 3.8) is 0 Å². The van der Waals surface area contributed by atoms with E-state index in [1.165, 1.54) is 10.6 Å². The average Bonchev–Trinajstić information content (AvgIpc) is 3.40. The van der Waals surface area contributed by atoms with Crippen LogP contribution >= 0.6 is 11.9 Å². The van der Waals surface area contributed by atoms with Crippen LogP contribution in [0.5, 0.6) is 0 Å². The van der Waals surface area contributed by atoms with Gasteiger partial charge in [0.2, 0.25) is 11.8 Å². The van der Waals surface area contributed by atoms with Crippen molar-refractivity contribution in [2.24, 2.45) is 0 Å². The van der Waals surface area contributed by atoms with Gasteiger partial charge in [-0.25, -0.2) is 9.10 Å². The lowest BCUT2D eigenvalue weighted by atomic mass is 10.0. The van der Waals surface area contributed by atoms with Gasteiger partial charge in [0.25, 0.3) is 5.91 Å². The minimum absolute atomic E-state index is 0.131. The van der Waals surface area contributed by atoms with Crippen LogP contribution in [-0.2, 0) is 20.9 Å². The topological polar surface area (TPSA) is 118 Å². The standard InChI is InChI=1S/C36H47N7O5S.C2H6/c1-36(2,3)48-35(47)37-25-11-13-42(14-12-25)49-29-6-4-5-26(20-29)39-15-17-40(18-16-39)28-22-41(23-28)27-7-8-30-24(19-27)21-43(34(30)46)31-9-10-32(44)38-33(31)45;1-2/h4-8,19-20,25,28,31H,9-18,21-23H2,1-3H3,(H,37,47)(H,38,44,45);1-2H3. The molecule has 0 radical (unpaired) electrons. The summed E-state index contributed by atoms with van der Waals surface area (Å²) in [6.45, 7) is 17.8. The van der Waals surface area contributed by atoms with E-state index in [4.69, 9.17) is 4.74 Å². The van der Waals surface area contributed by atoms with Gasteiger partial charge in [-0.2, -0.15) is 0 Å². The number of piperidine rings is 2. The molecule has 276 valence electrons. The molecule has 0 aliphatic carbocycles. The number of benzene rings is 2. The molecule has 5 aliphatic rings. The normalized spacial score (nSPS) is 22.2. The zero-order chi connectivity index (χ0) is 36.3. The van der Waals surface area contributed by atoms with Gasteiger partial charge in [-0.15, -0.1) is 0 Å². The van der Waals surface area contributed by atoms with Gasteiger partial charge in [0, 0.05) is 99.2 Å². The van der Waals surface area contributed by atoms with E-state index in [0.717, 1.165) is 76.5 Å². The Morgan fingerprint density at radius 3 is 2.27 bits per heavy atom. The molecule has 4 amide bonds. The molecule has 0 saturated carbocycles. The number of carbonyl (C=O) groups excluding carboxylic acids is 4. The number of anilines is 2. The van der Waals surface area contributed by atoms with Crippen LogP contribution < -0.4 is 20.4 Å². The van der Waals surface area contributed by atoms with E-state index in [2.05, 4.69) is 60.0 Å². The zero-order valence-corrected chi connectivity index (χ0v) is 31.5. The molecule has 12 nitrogen and oxygen atoms in total. The fraction of sp³-hybridized carbons (Fsp3) is 0.579. The average molecular weight is 720 g/mol. The lowest BCUT2D eigenvalue weighted by Gasteiger charge is -2.49. The third-order valence-corrected chi connectivity index (χ3v) is 11.2. The minimum atomic E-state index is -0.589. The van der Waals surface area contributed by atoms with Crippen molar-refractivity contribution >= 4 is 47.1 Å². The molecular weight excluding hydrogens is 667 g/mol. The quantitative estimate of drug-likeness (QED) is 0.314. The summed E-state index contributed by atoms with van der Waals surface area (Å²) in [6.07, 6.45) is 2.11. The first-order valence-electron chi connectivity index (χ1n) is 18.5. The highest BCUT2D eigenvalue weighted by Gasteiger charge is 2.40. The SMILES string of the molecule is CC.CC(C)(C)OC(=O)NC1CCN(Sc2cccc(N3CCN(C4CN(c5ccc6c(c5)CN(C5CCC(=O)NC5=O)C6=O)C4)CC3)c2)CC1. The van der Waals surface area contributed by atoms with Crippen LogP contribution in [0.3, 0.4) is 0 Å². The number of nitrogens with zero attached hydrogens (tertiary/aromatic N) is 5. The van der Waals surface area contributed by atoms with Crippen LogP contribution in [0.1, 0.15) is 76.2 Å². The second-order valence-electron chi connectivity index (χ2n) is 14.8. The third kappa shape index (κ3) is 8.81. The largest absolute Gasteiger partial charge is 0.444 e. The summed E-state index contributed by atoms with van der Waals surface area (Å²) in [4.78, 5) is 59.5. The molecule has 4 fully saturated rings.